The van der Waals surface area contributed by atoms with Crippen molar-refractivity contribution in [3.63, 3.8) is 0 Å². The van der Waals surface area contributed by atoms with Crippen LogP contribution in [0.2, 0.25) is 0 Å². The number of nitrogens with one attached hydrogen (secondary N) is 1. The Morgan fingerprint density at radius 1 is 1.53 bits per heavy atom. The molecule has 1 atom stereocenters. The van der Waals surface area contributed by atoms with Crippen molar-refractivity contribution in [1.82, 2.24) is 4.72 Å². The van der Waals surface area contributed by atoms with Crippen molar-refractivity contribution in [2.45, 2.75) is 11.0 Å². The van der Waals surface area contributed by atoms with Gasteiger partial charge in [-0.15, -0.1) is 0 Å². The number of furan rings is 1. The molecule has 0 radical (unpaired) electrons. The van der Waals surface area contributed by atoms with Crippen LogP contribution < -0.4 is 10.5 Å². The molecule has 0 saturated heterocycles. The zero-order chi connectivity index (χ0) is 14.8. The molecular weight excluding hydrogens is 348 g/mol. The molecular formula is C8H9BrN2O7S. The molecule has 106 valence electrons. The summed E-state index contributed by atoms with van der Waals surface area (Å²) in [5.74, 6) is -3.12. The van der Waals surface area contributed by atoms with E-state index in [1.165, 1.54) is 0 Å². The van der Waals surface area contributed by atoms with Crippen LogP contribution in [0.5, 0.6) is 0 Å². The smallest absolute Gasteiger partial charge is 0.371 e. The molecule has 0 bridgehead atoms. The first-order valence-electron chi connectivity index (χ1n) is 4.65. The molecule has 19 heavy (non-hydrogen) atoms. The largest absolute Gasteiger partial charge is 0.475 e. The maximum Gasteiger partial charge on any atom is 0.371 e. The van der Waals surface area contributed by atoms with E-state index in [1.54, 1.807) is 0 Å². The third-order valence-electron chi connectivity index (χ3n) is 1.95. The van der Waals surface area contributed by atoms with Crippen LogP contribution >= 0.6 is 15.9 Å². The maximum atomic E-state index is 11.8. The summed E-state index contributed by atoms with van der Waals surface area (Å²) in [6.07, 6.45) is -1.70. The number of carboxylic acid groups (broad SMARTS) is 1. The number of primary amides is 1. The van der Waals surface area contributed by atoms with Crippen molar-refractivity contribution >= 4 is 37.8 Å². The molecule has 1 aromatic heterocycles. The van der Waals surface area contributed by atoms with Crippen LogP contribution in [0.1, 0.15) is 10.6 Å². The fourth-order valence-electron chi connectivity index (χ4n) is 1.01. The Morgan fingerprint density at radius 2 is 2.11 bits per heavy atom. The van der Waals surface area contributed by atoms with Crippen LogP contribution in [0.4, 0.5) is 0 Å². The molecule has 5 N–H and O–H groups in total. The van der Waals surface area contributed by atoms with Gasteiger partial charge < -0.3 is 20.4 Å². The fraction of sp³-hybridized carbons (Fsp3) is 0.250. The van der Waals surface area contributed by atoms with Crippen LogP contribution in [-0.4, -0.2) is 43.2 Å². The molecule has 0 fully saturated rings. The van der Waals surface area contributed by atoms with E-state index in [9.17, 15) is 18.0 Å². The van der Waals surface area contributed by atoms with Gasteiger partial charge in [0.05, 0.1) is 0 Å². The minimum Gasteiger partial charge on any atom is -0.475 e. The van der Waals surface area contributed by atoms with Crippen molar-refractivity contribution in [1.29, 1.82) is 0 Å². The van der Waals surface area contributed by atoms with Gasteiger partial charge in [-0.05, 0) is 15.9 Å². The number of rotatable bonds is 6. The number of sulfonamides is 1. The second kappa shape index (κ2) is 5.69. The average molecular weight is 357 g/mol. The van der Waals surface area contributed by atoms with Crippen molar-refractivity contribution in [2.24, 2.45) is 5.73 Å². The SMILES string of the molecule is NC(=O)C(O)CNS(=O)(=O)c1cc(C(=O)O)oc1Br. The number of hydrogen-bond donors (Lipinski definition) is 4. The van der Waals surface area contributed by atoms with E-state index < -0.39 is 45.2 Å². The number of amides is 1. The Bertz CT molecular complexity index is 609. The van der Waals surface area contributed by atoms with Gasteiger partial charge in [-0.1, -0.05) is 0 Å². The highest BCUT2D eigenvalue weighted by atomic mass is 79.9. The normalized spacial score (nSPS) is 13.2. The van der Waals surface area contributed by atoms with E-state index in [0.29, 0.717) is 0 Å². The van der Waals surface area contributed by atoms with Gasteiger partial charge in [0.1, 0.15) is 11.0 Å². The predicted octanol–water partition coefficient (Wildman–Crippen LogP) is -1.14. The Morgan fingerprint density at radius 3 is 2.53 bits per heavy atom. The third-order valence-corrected chi connectivity index (χ3v) is 4.23. The van der Waals surface area contributed by atoms with Gasteiger partial charge in [0.25, 0.3) is 0 Å². The molecule has 11 heteroatoms. The summed E-state index contributed by atoms with van der Waals surface area (Å²) in [5, 5.41) is 17.7. The van der Waals surface area contributed by atoms with E-state index in [1.807, 2.05) is 4.72 Å². The standard InChI is InChI=1S/C8H9BrN2O7S/c9-6-5(1-4(18-6)8(14)15)19(16,17)11-2-3(12)7(10)13/h1,3,11-12H,2H2,(H2,10,13)(H,14,15). The first-order valence-corrected chi connectivity index (χ1v) is 6.92. The van der Waals surface area contributed by atoms with Crippen LogP contribution in [0, 0.1) is 0 Å². The van der Waals surface area contributed by atoms with Gasteiger partial charge >= 0.3 is 5.97 Å². The molecule has 0 aliphatic carbocycles. The minimum atomic E-state index is -4.15. The number of aromatic carboxylic acids is 1. The second-order valence-corrected chi connectivity index (χ2v) is 5.78. The van der Waals surface area contributed by atoms with E-state index in [4.69, 9.17) is 15.9 Å². The monoisotopic (exact) mass is 356 g/mol. The third kappa shape index (κ3) is 3.76. The molecule has 0 aliphatic heterocycles. The van der Waals surface area contributed by atoms with Gasteiger partial charge in [0.2, 0.25) is 21.7 Å². The highest BCUT2D eigenvalue weighted by molar-refractivity contribution is 9.10. The number of halogens is 1. The summed E-state index contributed by atoms with van der Waals surface area (Å²) >= 11 is 2.75. The number of hydrogen-bond acceptors (Lipinski definition) is 6. The van der Waals surface area contributed by atoms with Gasteiger partial charge in [-0.2, -0.15) is 0 Å². The topological polar surface area (TPSA) is 160 Å². The lowest BCUT2D eigenvalue weighted by Gasteiger charge is -2.08. The first-order chi connectivity index (χ1) is 8.65. The quantitative estimate of drug-likeness (QED) is 0.501. The van der Waals surface area contributed by atoms with Gasteiger partial charge in [0, 0.05) is 12.6 Å². The van der Waals surface area contributed by atoms with Crippen LogP contribution in [0.3, 0.4) is 0 Å². The number of aliphatic hydroxyl groups is 1. The summed E-state index contributed by atoms with van der Waals surface area (Å²) < 4.78 is 29.8. The van der Waals surface area contributed by atoms with Crippen LogP contribution in [0.15, 0.2) is 20.0 Å². The van der Waals surface area contributed by atoms with Crippen LogP contribution in [0.25, 0.3) is 0 Å². The molecule has 0 aliphatic rings. The summed E-state index contributed by atoms with van der Waals surface area (Å²) in [5.41, 5.74) is 4.75. The van der Waals surface area contributed by atoms with E-state index >= 15 is 0 Å². The van der Waals surface area contributed by atoms with E-state index in [-0.39, 0.29) is 4.67 Å². The lowest BCUT2D eigenvalue weighted by Crippen LogP contribution is -2.39. The van der Waals surface area contributed by atoms with Crippen molar-refractivity contribution in [2.75, 3.05) is 6.54 Å². The van der Waals surface area contributed by atoms with Crippen molar-refractivity contribution in [3.05, 3.63) is 16.5 Å². The number of nitrogens with two attached hydrogens (primary N) is 1. The second-order valence-electron chi connectivity index (χ2n) is 3.32. The summed E-state index contributed by atoms with van der Waals surface area (Å²) in [7, 11) is -4.15. The highest BCUT2D eigenvalue weighted by Gasteiger charge is 2.26. The summed E-state index contributed by atoms with van der Waals surface area (Å²) in [4.78, 5) is 20.7. The Hall–Kier alpha value is -1.43. The Kier molecular flexibility index (Phi) is 4.68. The zero-order valence-electron chi connectivity index (χ0n) is 9.16. The molecule has 1 rings (SSSR count). The molecule has 0 aromatic carbocycles. The van der Waals surface area contributed by atoms with Crippen molar-refractivity contribution < 1.29 is 32.6 Å². The fourth-order valence-corrected chi connectivity index (χ4v) is 2.98. The lowest BCUT2D eigenvalue weighted by atomic mass is 10.3. The van der Waals surface area contributed by atoms with Crippen molar-refractivity contribution in [3.8, 4) is 0 Å². The Balaban J connectivity index is 2.95. The Labute approximate surface area is 115 Å². The number of aliphatic hydroxyl groups excluding tert-OH is 1. The minimum absolute atomic E-state index is 0.314. The molecule has 1 heterocycles. The van der Waals surface area contributed by atoms with Gasteiger partial charge in [-0.3, -0.25) is 4.79 Å². The lowest BCUT2D eigenvalue weighted by molar-refractivity contribution is -0.125. The zero-order valence-corrected chi connectivity index (χ0v) is 11.6. The molecule has 9 nitrogen and oxygen atoms in total. The average Bonchev–Trinajstić information content (AvgIpc) is 2.69. The highest BCUT2D eigenvalue weighted by Crippen LogP contribution is 2.25. The van der Waals surface area contributed by atoms with Gasteiger partial charge in [-0.25, -0.2) is 17.9 Å². The number of carbonyl (C=O) groups is 2. The maximum absolute atomic E-state index is 11.8. The summed E-state index contributed by atoms with van der Waals surface area (Å²) in [6, 6.07) is 0.783. The van der Waals surface area contributed by atoms with E-state index in [0.717, 1.165) is 6.07 Å². The molecule has 1 amide bonds. The van der Waals surface area contributed by atoms with E-state index in [2.05, 4.69) is 20.3 Å². The molecule has 1 aromatic rings. The van der Waals surface area contributed by atoms with Gasteiger partial charge in [0.15, 0.2) is 4.67 Å². The molecule has 1 unspecified atom stereocenters. The molecule has 0 saturated carbocycles. The summed E-state index contributed by atoms with van der Waals surface area (Å²) in [6.45, 7) is -0.641. The molecule has 0 spiro atoms. The first kappa shape index (κ1) is 15.6. The number of carbonyl (C=O) groups excluding carboxylic acids is 1. The van der Waals surface area contributed by atoms with Crippen LogP contribution in [-0.2, 0) is 14.8 Å². The predicted molar refractivity (Wildman–Crippen MR) is 63.8 cm³/mol. The number of carboxylic acids is 1.